The summed E-state index contributed by atoms with van der Waals surface area (Å²) in [6.45, 7) is 4.07. The van der Waals surface area contributed by atoms with E-state index in [1.165, 1.54) is 6.08 Å². The van der Waals surface area contributed by atoms with Gasteiger partial charge in [-0.2, -0.15) is 0 Å². The third-order valence-corrected chi connectivity index (χ3v) is 2.21. The van der Waals surface area contributed by atoms with Gasteiger partial charge in [-0.15, -0.1) is 0 Å². The average Bonchev–Trinajstić information content (AvgIpc) is 2.01. The van der Waals surface area contributed by atoms with Gasteiger partial charge in [-0.1, -0.05) is 26.0 Å². The normalized spacial score (nSPS) is 14.8. The van der Waals surface area contributed by atoms with Crippen molar-refractivity contribution >= 4 is 15.5 Å². The third-order valence-electron chi connectivity index (χ3n) is 1.55. The molecule has 0 N–H and O–H groups in total. The van der Waals surface area contributed by atoms with E-state index in [0.717, 1.165) is 17.4 Å². The minimum absolute atomic E-state index is 0.350. The summed E-state index contributed by atoms with van der Waals surface area (Å²) in [4.78, 5) is 4.07. The van der Waals surface area contributed by atoms with Crippen molar-refractivity contribution in [2.75, 3.05) is 13.3 Å². The fourth-order valence-electron chi connectivity index (χ4n) is 0.867. The monoisotopic (exact) mass is 215 g/mol. The SMILES string of the molecule is C\N=C(/C=C\C=C/S(C)(=O)=O)C(C)C. The molecule has 0 fully saturated rings. The Morgan fingerprint density at radius 3 is 2.21 bits per heavy atom. The van der Waals surface area contributed by atoms with Gasteiger partial charge in [0, 0.05) is 24.4 Å². The maximum atomic E-state index is 10.7. The molecule has 0 saturated heterocycles. The standard InChI is InChI=1S/C10H17NO2S/c1-9(2)10(11-3)7-5-6-8-14(4,12)13/h5-9H,1-4H3/b7-5-,8-6-,11-10+. The number of nitrogens with zero attached hydrogens (tertiary/aromatic N) is 1. The molecule has 0 heterocycles. The molecule has 0 saturated carbocycles. The Morgan fingerprint density at radius 2 is 1.86 bits per heavy atom. The van der Waals surface area contributed by atoms with Crippen LogP contribution in [0.25, 0.3) is 0 Å². The van der Waals surface area contributed by atoms with Gasteiger partial charge in [-0.05, 0) is 12.0 Å². The van der Waals surface area contributed by atoms with Gasteiger partial charge in [0.1, 0.15) is 0 Å². The molecule has 3 nitrogen and oxygen atoms in total. The van der Waals surface area contributed by atoms with Gasteiger partial charge in [0.25, 0.3) is 0 Å². The van der Waals surface area contributed by atoms with E-state index < -0.39 is 9.84 Å². The molecular formula is C10H17NO2S. The largest absolute Gasteiger partial charge is 0.293 e. The average molecular weight is 215 g/mol. The summed E-state index contributed by atoms with van der Waals surface area (Å²) in [5.41, 5.74) is 0.947. The lowest BCUT2D eigenvalue weighted by atomic mass is 10.1. The van der Waals surface area contributed by atoms with Crippen LogP contribution in [0.4, 0.5) is 0 Å². The number of hydrogen-bond donors (Lipinski definition) is 0. The van der Waals surface area contributed by atoms with Crippen LogP contribution < -0.4 is 0 Å². The van der Waals surface area contributed by atoms with Gasteiger partial charge in [0.05, 0.1) is 0 Å². The molecule has 0 aliphatic carbocycles. The second-order valence-corrected chi connectivity index (χ2v) is 5.25. The van der Waals surface area contributed by atoms with Gasteiger partial charge in [0.2, 0.25) is 0 Å². The quantitative estimate of drug-likeness (QED) is 0.530. The Bertz CT molecular complexity index is 348. The van der Waals surface area contributed by atoms with E-state index in [1.54, 1.807) is 13.1 Å². The Labute approximate surface area is 86.2 Å². The number of hydrogen-bond acceptors (Lipinski definition) is 3. The lowest BCUT2D eigenvalue weighted by Crippen LogP contribution is -2.02. The van der Waals surface area contributed by atoms with Gasteiger partial charge in [-0.3, -0.25) is 4.99 Å². The Morgan fingerprint density at radius 1 is 1.29 bits per heavy atom. The summed E-state index contributed by atoms with van der Waals surface area (Å²) in [6, 6.07) is 0. The third kappa shape index (κ3) is 6.60. The van der Waals surface area contributed by atoms with Gasteiger partial charge in [0.15, 0.2) is 9.84 Å². The zero-order chi connectivity index (χ0) is 11.2. The minimum Gasteiger partial charge on any atom is -0.293 e. The smallest absolute Gasteiger partial charge is 0.168 e. The summed E-state index contributed by atoms with van der Waals surface area (Å²) in [5.74, 6) is 0.350. The van der Waals surface area contributed by atoms with Crippen LogP contribution in [0.15, 0.2) is 28.6 Å². The molecule has 0 atom stereocenters. The van der Waals surface area contributed by atoms with E-state index in [4.69, 9.17) is 0 Å². The molecule has 14 heavy (non-hydrogen) atoms. The zero-order valence-electron chi connectivity index (χ0n) is 9.06. The topological polar surface area (TPSA) is 46.5 Å². The van der Waals surface area contributed by atoms with Crippen LogP contribution in [0.5, 0.6) is 0 Å². The zero-order valence-corrected chi connectivity index (χ0v) is 9.88. The Balaban J connectivity index is 4.41. The molecule has 0 spiro atoms. The van der Waals surface area contributed by atoms with Crippen molar-refractivity contribution in [1.82, 2.24) is 0 Å². The first-order chi connectivity index (χ1) is 6.37. The van der Waals surface area contributed by atoms with Crippen molar-refractivity contribution in [3.05, 3.63) is 23.6 Å². The molecule has 0 bridgehead atoms. The van der Waals surface area contributed by atoms with Crippen molar-refractivity contribution < 1.29 is 8.42 Å². The first kappa shape index (κ1) is 13.1. The van der Waals surface area contributed by atoms with Crippen LogP contribution in [0.2, 0.25) is 0 Å². The number of aliphatic imine (C=N–C) groups is 1. The maximum Gasteiger partial charge on any atom is 0.168 e. The molecule has 0 rings (SSSR count). The first-order valence-corrected chi connectivity index (χ1v) is 6.33. The Hall–Kier alpha value is -0.900. The highest BCUT2D eigenvalue weighted by Crippen LogP contribution is 1.98. The molecule has 0 unspecified atom stereocenters. The molecular weight excluding hydrogens is 198 g/mol. The van der Waals surface area contributed by atoms with Crippen LogP contribution >= 0.6 is 0 Å². The molecule has 0 aromatic carbocycles. The fraction of sp³-hybridized carbons (Fsp3) is 0.500. The summed E-state index contributed by atoms with van der Waals surface area (Å²) in [6.07, 6.45) is 6.16. The van der Waals surface area contributed by atoms with Crippen molar-refractivity contribution in [3.8, 4) is 0 Å². The molecule has 0 aliphatic rings. The van der Waals surface area contributed by atoms with E-state index in [9.17, 15) is 8.42 Å². The van der Waals surface area contributed by atoms with Crippen LogP contribution in [0, 0.1) is 5.92 Å². The van der Waals surface area contributed by atoms with E-state index >= 15 is 0 Å². The number of rotatable bonds is 4. The van der Waals surface area contributed by atoms with Gasteiger partial charge >= 0.3 is 0 Å². The molecule has 0 aromatic rings. The van der Waals surface area contributed by atoms with Crippen molar-refractivity contribution in [3.63, 3.8) is 0 Å². The van der Waals surface area contributed by atoms with Gasteiger partial charge in [-0.25, -0.2) is 8.42 Å². The molecule has 0 aliphatic heterocycles. The summed E-state index contributed by atoms with van der Waals surface area (Å²) in [5, 5.41) is 1.16. The molecule has 4 heteroatoms. The van der Waals surface area contributed by atoms with Crippen LogP contribution in [-0.2, 0) is 9.84 Å². The summed E-state index contributed by atoms with van der Waals surface area (Å²) >= 11 is 0. The highest BCUT2D eigenvalue weighted by atomic mass is 32.2. The highest BCUT2D eigenvalue weighted by molar-refractivity contribution is 7.93. The molecule has 0 aromatic heterocycles. The lowest BCUT2D eigenvalue weighted by Gasteiger charge is -2.01. The minimum atomic E-state index is -3.02. The van der Waals surface area contributed by atoms with Crippen LogP contribution in [-0.4, -0.2) is 27.4 Å². The van der Waals surface area contributed by atoms with Crippen LogP contribution in [0.3, 0.4) is 0 Å². The second kappa shape index (κ2) is 5.75. The molecule has 0 amide bonds. The molecule has 80 valence electrons. The van der Waals surface area contributed by atoms with Gasteiger partial charge < -0.3 is 0 Å². The second-order valence-electron chi connectivity index (χ2n) is 3.32. The Kier molecular flexibility index (Phi) is 5.38. The predicted molar refractivity (Wildman–Crippen MR) is 61.3 cm³/mol. The molecule has 0 radical (unpaired) electrons. The van der Waals surface area contributed by atoms with E-state index in [-0.39, 0.29) is 0 Å². The van der Waals surface area contributed by atoms with E-state index in [1.807, 2.05) is 19.9 Å². The van der Waals surface area contributed by atoms with Crippen molar-refractivity contribution in [1.29, 1.82) is 0 Å². The van der Waals surface area contributed by atoms with Crippen LogP contribution in [0.1, 0.15) is 13.8 Å². The summed E-state index contributed by atoms with van der Waals surface area (Å²) < 4.78 is 21.5. The highest BCUT2D eigenvalue weighted by Gasteiger charge is 1.97. The van der Waals surface area contributed by atoms with Crippen molar-refractivity contribution in [2.24, 2.45) is 10.9 Å². The van der Waals surface area contributed by atoms with E-state index in [2.05, 4.69) is 4.99 Å². The summed E-state index contributed by atoms with van der Waals surface area (Å²) in [7, 11) is -1.30. The van der Waals surface area contributed by atoms with E-state index in [0.29, 0.717) is 5.92 Å². The predicted octanol–water partition coefficient (Wildman–Crippen LogP) is 1.83. The lowest BCUT2D eigenvalue weighted by molar-refractivity contribution is 0.610. The number of sulfone groups is 1. The first-order valence-electron chi connectivity index (χ1n) is 4.38. The van der Waals surface area contributed by atoms with Crippen molar-refractivity contribution in [2.45, 2.75) is 13.8 Å². The fourth-order valence-corrected chi connectivity index (χ4v) is 1.24. The maximum absolute atomic E-state index is 10.7. The number of allylic oxidation sites excluding steroid dienone is 3.